The Labute approximate surface area is 114 Å². The van der Waals surface area contributed by atoms with Crippen LogP contribution in [0.1, 0.15) is 52.9 Å². The highest BCUT2D eigenvalue weighted by atomic mass is 28.3. The highest BCUT2D eigenvalue weighted by Crippen LogP contribution is 2.56. The second-order valence-corrected chi connectivity index (χ2v) is 13.5. The minimum atomic E-state index is -1.36. The van der Waals surface area contributed by atoms with E-state index in [4.69, 9.17) is 4.74 Å². The van der Waals surface area contributed by atoms with E-state index in [1.54, 1.807) is 0 Å². The predicted octanol–water partition coefficient (Wildman–Crippen LogP) is 5.36. The molecule has 2 rings (SSSR count). The van der Waals surface area contributed by atoms with Crippen LogP contribution in [0, 0.1) is 5.92 Å². The van der Waals surface area contributed by atoms with Crippen molar-refractivity contribution >= 4 is 8.07 Å². The summed E-state index contributed by atoms with van der Waals surface area (Å²) >= 11 is 0. The van der Waals surface area contributed by atoms with Gasteiger partial charge >= 0.3 is 0 Å². The average Bonchev–Trinajstić information content (AvgIpc) is 2.24. The summed E-state index contributed by atoms with van der Waals surface area (Å²) in [7, 11) is -1.36. The quantitative estimate of drug-likeness (QED) is 0.612. The minimum Gasteiger partial charge on any atom is -0.495 e. The average molecular weight is 267 g/mol. The van der Waals surface area contributed by atoms with Crippen LogP contribution in [-0.4, -0.2) is 14.2 Å². The van der Waals surface area contributed by atoms with Crippen LogP contribution in [0.5, 0.6) is 0 Å². The normalized spacial score (nSPS) is 30.8. The van der Waals surface area contributed by atoms with E-state index in [0.29, 0.717) is 16.7 Å². The molecule has 1 heterocycles. The lowest BCUT2D eigenvalue weighted by atomic mass is 9.82. The summed E-state index contributed by atoms with van der Waals surface area (Å²) in [6.07, 6.45) is 7.49. The molecule has 1 nitrogen and oxygen atoms in total. The van der Waals surface area contributed by atoms with Gasteiger partial charge in [-0.3, -0.25) is 0 Å². The first kappa shape index (κ1) is 14.2. The fraction of sp³-hybridized carbons (Fsp3) is 0.875. The van der Waals surface area contributed by atoms with Gasteiger partial charge in [-0.1, -0.05) is 59.7 Å². The second-order valence-electron chi connectivity index (χ2n) is 7.90. The van der Waals surface area contributed by atoms with Crippen molar-refractivity contribution in [2.75, 3.05) is 0 Å². The van der Waals surface area contributed by atoms with Crippen molar-refractivity contribution in [1.29, 1.82) is 0 Å². The second kappa shape index (κ2) is 4.70. The molecule has 2 heteroatoms. The topological polar surface area (TPSA) is 9.23 Å². The van der Waals surface area contributed by atoms with Crippen LogP contribution in [0.4, 0.5) is 0 Å². The van der Waals surface area contributed by atoms with E-state index in [1.165, 1.54) is 32.1 Å². The highest BCUT2D eigenvalue weighted by molar-refractivity contribution is 6.82. The Hall–Kier alpha value is -0.243. The summed E-state index contributed by atoms with van der Waals surface area (Å²) in [5.74, 6) is 1.90. The zero-order valence-electron chi connectivity index (χ0n) is 12.9. The molecule has 18 heavy (non-hydrogen) atoms. The van der Waals surface area contributed by atoms with E-state index in [2.05, 4.69) is 40.4 Å². The molecule has 1 aliphatic carbocycles. The summed E-state index contributed by atoms with van der Waals surface area (Å²) < 4.78 is 6.01. The summed E-state index contributed by atoms with van der Waals surface area (Å²) in [6.45, 7) is 16.5. The third kappa shape index (κ3) is 2.28. The van der Waals surface area contributed by atoms with E-state index in [1.807, 2.05) is 0 Å². The first-order valence-corrected chi connectivity index (χ1v) is 10.7. The standard InChI is InChI=1S/C16H30OSi/c1-12-15(18(5,6)16(2,3)4)14(17-12)13-10-8-7-9-11-13/h13-15H,1,7-11H2,2-6H3. The zero-order valence-corrected chi connectivity index (χ0v) is 13.9. The Bertz CT molecular complexity index is 320. The summed E-state index contributed by atoms with van der Waals surface area (Å²) in [5, 5.41) is 0.428. The Kier molecular flexibility index (Phi) is 3.70. The van der Waals surface area contributed by atoms with Crippen LogP contribution in [-0.2, 0) is 4.74 Å². The van der Waals surface area contributed by atoms with Gasteiger partial charge in [-0.05, 0) is 23.8 Å². The fourth-order valence-corrected chi connectivity index (χ4v) is 6.51. The molecule has 1 aliphatic heterocycles. The molecule has 0 N–H and O–H groups in total. The Morgan fingerprint density at radius 3 is 2.11 bits per heavy atom. The molecule has 104 valence electrons. The number of hydrogen-bond acceptors (Lipinski definition) is 1. The Morgan fingerprint density at radius 2 is 1.67 bits per heavy atom. The van der Waals surface area contributed by atoms with Gasteiger partial charge in [0.15, 0.2) is 0 Å². The van der Waals surface area contributed by atoms with Crippen LogP contribution in [0.25, 0.3) is 0 Å². The number of rotatable bonds is 2. The molecule has 2 unspecified atom stereocenters. The predicted molar refractivity (Wildman–Crippen MR) is 81.5 cm³/mol. The largest absolute Gasteiger partial charge is 0.495 e. The molecule has 0 amide bonds. The smallest absolute Gasteiger partial charge is 0.108 e. The lowest BCUT2D eigenvalue weighted by Crippen LogP contribution is -2.55. The molecule has 0 aromatic rings. The third-order valence-electron chi connectivity index (χ3n) is 5.79. The highest BCUT2D eigenvalue weighted by Gasteiger charge is 2.55. The van der Waals surface area contributed by atoms with E-state index in [-0.39, 0.29) is 0 Å². The van der Waals surface area contributed by atoms with Crippen molar-refractivity contribution in [2.45, 2.75) is 82.7 Å². The van der Waals surface area contributed by atoms with Gasteiger partial charge in [0, 0.05) is 5.54 Å². The van der Waals surface area contributed by atoms with Gasteiger partial charge < -0.3 is 4.74 Å². The molecule has 2 atom stereocenters. The number of hydrogen-bond donors (Lipinski definition) is 0. The monoisotopic (exact) mass is 266 g/mol. The van der Waals surface area contributed by atoms with Crippen molar-refractivity contribution in [1.82, 2.24) is 0 Å². The fourth-order valence-electron chi connectivity index (χ4n) is 3.54. The summed E-state index contributed by atoms with van der Waals surface area (Å²) in [5.41, 5.74) is 0.681. The van der Waals surface area contributed by atoms with Crippen LogP contribution < -0.4 is 0 Å². The molecule has 2 aliphatic rings. The van der Waals surface area contributed by atoms with Crippen molar-refractivity contribution < 1.29 is 4.74 Å². The molecule has 0 bridgehead atoms. The van der Waals surface area contributed by atoms with Gasteiger partial charge in [-0.15, -0.1) is 0 Å². The van der Waals surface area contributed by atoms with Crippen LogP contribution in [0.3, 0.4) is 0 Å². The van der Waals surface area contributed by atoms with E-state index >= 15 is 0 Å². The molecule has 2 fully saturated rings. The maximum Gasteiger partial charge on any atom is 0.108 e. The Balaban J connectivity index is 2.13. The molecule has 1 saturated carbocycles. The van der Waals surface area contributed by atoms with Crippen molar-refractivity contribution in [2.24, 2.45) is 5.92 Å². The van der Waals surface area contributed by atoms with Crippen LogP contribution >= 0.6 is 0 Å². The van der Waals surface area contributed by atoms with Gasteiger partial charge in [0.1, 0.15) is 6.10 Å². The first-order chi connectivity index (χ1) is 8.25. The lowest BCUT2D eigenvalue weighted by Gasteiger charge is -2.55. The third-order valence-corrected chi connectivity index (χ3v) is 11.9. The molecular formula is C16H30OSi. The van der Waals surface area contributed by atoms with Crippen molar-refractivity contribution in [3.05, 3.63) is 12.3 Å². The molecule has 0 radical (unpaired) electrons. The van der Waals surface area contributed by atoms with Crippen LogP contribution in [0.2, 0.25) is 23.7 Å². The van der Waals surface area contributed by atoms with Crippen molar-refractivity contribution in [3.63, 3.8) is 0 Å². The molecule has 1 saturated heterocycles. The maximum absolute atomic E-state index is 6.01. The van der Waals surface area contributed by atoms with Gasteiger partial charge in [0.25, 0.3) is 0 Å². The van der Waals surface area contributed by atoms with E-state index in [9.17, 15) is 0 Å². The van der Waals surface area contributed by atoms with Gasteiger partial charge in [-0.25, -0.2) is 0 Å². The van der Waals surface area contributed by atoms with Crippen LogP contribution in [0.15, 0.2) is 12.3 Å². The SMILES string of the molecule is C=C1OC(C2CCCCC2)C1[Si](C)(C)C(C)(C)C. The summed E-state index contributed by atoms with van der Waals surface area (Å²) in [4.78, 5) is 0. The van der Waals surface area contributed by atoms with E-state index < -0.39 is 8.07 Å². The van der Waals surface area contributed by atoms with Gasteiger partial charge in [0.2, 0.25) is 0 Å². The van der Waals surface area contributed by atoms with E-state index in [0.717, 1.165) is 11.7 Å². The molecular weight excluding hydrogens is 236 g/mol. The summed E-state index contributed by atoms with van der Waals surface area (Å²) in [6, 6.07) is 0. The maximum atomic E-state index is 6.01. The first-order valence-electron chi connectivity index (χ1n) is 7.60. The van der Waals surface area contributed by atoms with Gasteiger partial charge in [0.05, 0.1) is 13.8 Å². The Morgan fingerprint density at radius 1 is 1.11 bits per heavy atom. The minimum absolute atomic E-state index is 0.428. The van der Waals surface area contributed by atoms with Crippen molar-refractivity contribution in [3.8, 4) is 0 Å². The molecule has 0 aromatic carbocycles. The molecule has 0 aromatic heterocycles. The zero-order chi connectivity index (χ0) is 13.6. The lowest BCUT2D eigenvalue weighted by molar-refractivity contribution is -0.0351. The van der Waals surface area contributed by atoms with Gasteiger partial charge in [-0.2, -0.15) is 0 Å². The molecule has 0 spiro atoms. The number of ether oxygens (including phenoxy) is 1.